The first-order valence-electron chi connectivity index (χ1n) is 6.06. The minimum atomic E-state index is -0.396. The Bertz CT molecular complexity index is 425. The topological polar surface area (TPSA) is 51.2 Å². The third-order valence-electron chi connectivity index (χ3n) is 3.24. The third-order valence-corrected chi connectivity index (χ3v) is 4.34. The standard InChI is InChI=1S/C13H18N2O2S/c1-17-13(16)12-8-10(5-6-14-12)15-9-3-4-11(7-9)18-2/h5-6,8-9,11H,3-4,7H2,1-2H3,(H,14,15). The molecular weight excluding hydrogens is 248 g/mol. The number of methoxy groups -OCH3 is 1. The van der Waals surface area contributed by atoms with Crippen molar-refractivity contribution in [3.05, 3.63) is 24.0 Å². The molecule has 18 heavy (non-hydrogen) atoms. The Balaban J connectivity index is 1.99. The van der Waals surface area contributed by atoms with Gasteiger partial charge in [0.05, 0.1) is 7.11 Å². The van der Waals surface area contributed by atoms with Crippen molar-refractivity contribution < 1.29 is 9.53 Å². The molecule has 0 spiro atoms. The average molecular weight is 266 g/mol. The maximum absolute atomic E-state index is 11.4. The quantitative estimate of drug-likeness (QED) is 0.849. The molecule has 0 aromatic carbocycles. The van der Waals surface area contributed by atoms with Gasteiger partial charge in [-0.3, -0.25) is 0 Å². The minimum Gasteiger partial charge on any atom is -0.464 e. The molecular formula is C13H18N2O2S. The van der Waals surface area contributed by atoms with Crippen molar-refractivity contribution in [2.75, 3.05) is 18.7 Å². The van der Waals surface area contributed by atoms with Gasteiger partial charge >= 0.3 is 5.97 Å². The molecule has 0 aliphatic heterocycles. The summed E-state index contributed by atoms with van der Waals surface area (Å²) in [6, 6.07) is 4.13. The second-order valence-electron chi connectivity index (χ2n) is 4.43. The van der Waals surface area contributed by atoms with Crippen molar-refractivity contribution in [1.29, 1.82) is 0 Å². The number of hydrogen-bond donors (Lipinski definition) is 1. The van der Waals surface area contributed by atoms with E-state index in [1.807, 2.05) is 17.8 Å². The average Bonchev–Trinajstić information content (AvgIpc) is 2.86. The van der Waals surface area contributed by atoms with Crippen LogP contribution in [0.15, 0.2) is 18.3 Å². The molecule has 5 heteroatoms. The predicted molar refractivity (Wildman–Crippen MR) is 74.1 cm³/mol. The Kier molecular flexibility index (Phi) is 4.47. The van der Waals surface area contributed by atoms with Crippen LogP contribution in [-0.2, 0) is 4.74 Å². The van der Waals surface area contributed by atoms with Crippen LogP contribution in [0.5, 0.6) is 0 Å². The molecule has 0 bridgehead atoms. The highest BCUT2D eigenvalue weighted by Crippen LogP contribution is 2.30. The van der Waals surface area contributed by atoms with Crippen LogP contribution in [0.25, 0.3) is 0 Å². The molecule has 2 atom stereocenters. The van der Waals surface area contributed by atoms with Crippen molar-refractivity contribution >= 4 is 23.4 Å². The van der Waals surface area contributed by atoms with E-state index < -0.39 is 5.97 Å². The van der Waals surface area contributed by atoms with Crippen LogP contribution in [0.2, 0.25) is 0 Å². The van der Waals surface area contributed by atoms with E-state index in [9.17, 15) is 4.79 Å². The second kappa shape index (κ2) is 6.09. The molecule has 1 aromatic heterocycles. The molecule has 0 amide bonds. The number of nitrogens with zero attached hydrogens (tertiary/aromatic N) is 1. The number of pyridine rings is 1. The van der Waals surface area contributed by atoms with Crippen LogP contribution in [0, 0.1) is 0 Å². The molecule has 1 fully saturated rings. The summed E-state index contributed by atoms with van der Waals surface area (Å²) in [5.41, 5.74) is 1.29. The van der Waals surface area contributed by atoms with Crippen molar-refractivity contribution in [3.63, 3.8) is 0 Å². The molecule has 2 unspecified atom stereocenters. The van der Waals surface area contributed by atoms with Gasteiger partial charge in [0, 0.05) is 23.2 Å². The minimum absolute atomic E-state index is 0.349. The van der Waals surface area contributed by atoms with Crippen LogP contribution in [-0.4, -0.2) is 35.6 Å². The largest absolute Gasteiger partial charge is 0.464 e. The van der Waals surface area contributed by atoms with Crippen LogP contribution >= 0.6 is 11.8 Å². The molecule has 1 aromatic rings. The fraction of sp³-hybridized carbons (Fsp3) is 0.538. The monoisotopic (exact) mass is 266 g/mol. The number of nitrogens with one attached hydrogen (secondary N) is 1. The lowest BCUT2D eigenvalue weighted by molar-refractivity contribution is 0.0594. The number of anilines is 1. The Morgan fingerprint density at radius 2 is 2.39 bits per heavy atom. The van der Waals surface area contributed by atoms with Gasteiger partial charge in [-0.1, -0.05) is 0 Å². The van der Waals surface area contributed by atoms with Gasteiger partial charge in [-0.2, -0.15) is 11.8 Å². The fourth-order valence-electron chi connectivity index (χ4n) is 2.26. The van der Waals surface area contributed by atoms with E-state index in [4.69, 9.17) is 0 Å². The lowest BCUT2D eigenvalue weighted by Crippen LogP contribution is -2.16. The predicted octanol–water partition coefficient (Wildman–Crippen LogP) is 2.56. The van der Waals surface area contributed by atoms with Gasteiger partial charge in [-0.15, -0.1) is 0 Å². The van der Waals surface area contributed by atoms with Crippen molar-refractivity contribution in [2.45, 2.75) is 30.6 Å². The molecule has 1 saturated carbocycles. The summed E-state index contributed by atoms with van der Waals surface area (Å²) in [6.45, 7) is 0. The van der Waals surface area contributed by atoms with Gasteiger partial charge < -0.3 is 10.1 Å². The van der Waals surface area contributed by atoms with Crippen LogP contribution in [0.1, 0.15) is 29.8 Å². The number of aromatic nitrogens is 1. The Morgan fingerprint density at radius 1 is 1.56 bits per heavy atom. The normalized spacial score (nSPS) is 22.8. The highest BCUT2D eigenvalue weighted by Gasteiger charge is 2.23. The smallest absolute Gasteiger partial charge is 0.356 e. The van der Waals surface area contributed by atoms with Gasteiger partial charge in [0.25, 0.3) is 0 Å². The summed E-state index contributed by atoms with van der Waals surface area (Å²) in [5.74, 6) is -0.396. The number of carbonyl (C=O) groups is 1. The summed E-state index contributed by atoms with van der Waals surface area (Å²) in [6.07, 6.45) is 7.41. The molecule has 2 rings (SSSR count). The third kappa shape index (κ3) is 3.16. The van der Waals surface area contributed by atoms with E-state index in [-0.39, 0.29) is 0 Å². The van der Waals surface area contributed by atoms with Crippen LogP contribution in [0.4, 0.5) is 5.69 Å². The fourth-order valence-corrected chi connectivity index (χ4v) is 3.05. The van der Waals surface area contributed by atoms with Crippen LogP contribution < -0.4 is 5.32 Å². The highest BCUT2D eigenvalue weighted by molar-refractivity contribution is 7.99. The number of esters is 1. The van der Waals surface area contributed by atoms with Gasteiger partial charge in [0.15, 0.2) is 0 Å². The van der Waals surface area contributed by atoms with Crippen molar-refractivity contribution in [2.24, 2.45) is 0 Å². The van der Waals surface area contributed by atoms with E-state index in [0.717, 1.165) is 10.9 Å². The van der Waals surface area contributed by atoms with E-state index in [1.54, 1.807) is 12.3 Å². The molecule has 1 N–H and O–H groups in total. The number of hydrogen-bond acceptors (Lipinski definition) is 5. The van der Waals surface area contributed by atoms with E-state index in [0.29, 0.717) is 11.7 Å². The lowest BCUT2D eigenvalue weighted by Gasteiger charge is -2.14. The number of rotatable bonds is 4. The summed E-state index contributed by atoms with van der Waals surface area (Å²) in [5, 5.41) is 4.22. The molecule has 1 aliphatic carbocycles. The first-order valence-corrected chi connectivity index (χ1v) is 7.35. The van der Waals surface area contributed by atoms with Gasteiger partial charge in [0.2, 0.25) is 0 Å². The van der Waals surface area contributed by atoms with Crippen LogP contribution in [0.3, 0.4) is 0 Å². The summed E-state index contributed by atoms with van der Waals surface area (Å²) in [4.78, 5) is 15.4. The Labute approximate surface area is 112 Å². The van der Waals surface area contributed by atoms with Gasteiger partial charge in [-0.25, -0.2) is 9.78 Å². The highest BCUT2D eigenvalue weighted by atomic mass is 32.2. The number of ether oxygens (including phenoxy) is 1. The molecule has 4 nitrogen and oxygen atoms in total. The molecule has 0 radical (unpaired) electrons. The first kappa shape index (κ1) is 13.2. The number of thioether (sulfide) groups is 1. The SMILES string of the molecule is COC(=O)c1cc(NC2CCC(SC)C2)ccn1. The van der Waals surface area contributed by atoms with E-state index in [2.05, 4.69) is 21.3 Å². The van der Waals surface area contributed by atoms with Gasteiger partial charge in [0.1, 0.15) is 5.69 Å². The van der Waals surface area contributed by atoms with E-state index >= 15 is 0 Å². The lowest BCUT2D eigenvalue weighted by atomic mass is 10.2. The first-order chi connectivity index (χ1) is 8.72. The second-order valence-corrected chi connectivity index (χ2v) is 5.57. The van der Waals surface area contributed by atoms with E-state index in [1.165, 1.54) is 26.4 Å². The van der Waals surface area contributed by atoms with Crippen molar-refractivity contribution in [3.8, 4) is 0 Å². The number of carbonyl (C=O) groups excluding carboxylic acids is 1. The zero-order valence-corrected chi connectivity index (χ0v) is 11.5. The van der Waals surface area contributed by atoms with Gasteiger partial charge in [-0.05, 0) is 37.7 Å². The maximum Gasteiger partial charge on any atom is 0.356 e. The molecule has 1 aliphatic rings. The summed E-state index contributed by atoms with van der Waals surface area (Å²) < 4.78 is 4.66. The Morgan fingerprint density at radius 3 is 3.06 bits per heavy atom. The maximum atomic E-state index is 11.4. The summed E-state index contributed by atoms with van der Waals surface area (Å²) >= 11 is 1.93. The molecule has 98 valence electrons. The zero-order valence-electron chi connectivity index (χ0n) is 10.7. The molecule has 1 heterocycles. The Hall–Kier alpha value is -1.23. The zero-order chi connectivity index (χ0) is 13.0. The summed E-state index contributed by atoms with van der Waals surface area (Å²) in [7, 11) is 1.37. The van der Waals surface area contributed by atoms with Crippen molar-refractivity contribution in [1.82, 2.24) is 4.98 Å². The molecule has 0 saturated heterocycles.